The summed E-state index contributed by atoms with van der Waals surface area (Å²) < 4.78 is 5.31. The van der Waals surface area contributed by atoms with E-state index in [1.807, 2.05) is 24.0 Å². The normalized spacial score (nSPS) is 10.0. The Bertz CT molecular complexity index is 557. The maximum absolute atomic E-state index is 8.96. The van der Waals surface area contributed by atoms with Gasteiger partial charge in [0.05, 0.1) is 24.1 Å². The molecule has 92 valence electrons. The predicted molar refractivity (Wildman–Crippen MR) is 68.8 cm³/mol. The molecule has 5 heteroatoms. The first-order chi connectivity index (χ1) is 8.76. The van der Waals surface area contributed by atoms with Crippen molar-refractivity contribution >= 4 is 11.5 Å². The lowest BCUT2D eigenvalue weighted by Crippen LogP contribution is -2.24. The molecule has 0 atom stereocenters. The second-order valence-corrected chi connectivity index (χ2v) is 3.80. The van der Waals surface area contributed by atoms with Crippen molar-refractivity contribution in [1.82, 2.24) is 4.98 Å². The van der Waals surface area contributed by atoms with Gasteiger partial charge in [0.2, 0.25) is 0 Å². The molecule has 5 nitrogen and oxygen atoms in total. The molecule has 2 aromatic heterocycles. The number of furan rings is 1. The Labute approximate surface area is 105 Å². The number of pyridine rings is 1. The SMILES string of the molecule is CCN(Cc1ccco1)c1nccc(C#N)c1N. The number of rotatable bonds is 4. The lowest BCUT2D eigenvalue weighted by Gasteiger charge is -2.22. The second-order valence-electron chi connectivity index (χ2n) is 3.80. The quantitative estimate of drug-likeness (QED) is 0.888. The Kier molecular flexibility index (Phi) is 3.49. The minimum atomic E-state index is 0.411. The number of nitriles is 1. The summed E-state index contributed by atoms with van der Waals surface area (Å²) in [6, 6.07) is 7.40. The summed E-state index contributed by atoms with van der Waals surface area (Å²) in [7, 11) is 0. The molecule has 2 N–H and O–H groups in total. The Hall–Kier alpha value is -2.48. The van der Waals surface area contributed by atoms with Gasteiger partial charge in [-0.05, 0) is 25.1 Å². The van der Waals surface area contributed by atoms with Crippen molar-refractivity contribution in [2.45, 2.75) is 13.5 Å². The molecule has 0 aliphatic rings. The zero-order chi connectivity index (χ0) is 13.0. The van der Waals surface area contributed by atoms with Crippen LogP contribution in [0.25, 0.3) is 0 Å². The third-order valence-corrected chi connectivity index (χ3v) is 2.70. The van der Waals surface area contributed by atoms with Gasteiger partial charge in [0.15, 0.2) is 5.82 Å². The molecule has 2 aromatic rings. The maximum atomic E-state index is 8.96. The van der Waals surface area contributed by atoms with Gasteiger partial charge < -0.3 is 15.1 Å². The van der Waals surface area contributed by atoms with E-state index in [1.165, 1.54) is 0 Å². The van der Waals surface area contributed by atoms with Gasteiger partial charge >= 0.3 is 0 Å². The smallest absolute Gasteiger partial charge is 0.153 e. The van der Waals surface area contributed by atoms with Crippen molar-refractivity contribution in [1.29, 1.82) is 5.26 Å². The standard InChI is InChI=1S/C13H14N4O/c1-2-17(9-11-4-3-7-18-11)13-12(15)10(8-14)5-6-16-13/h3-7H,2,9,15H2,1H3. The van der Waals surface area contributed by atoms with Crippen LogP contribution < -0.4 is 10.6 Å². The van der Waals surface area contributed by atoms with Gasteiger partial charge in [-0.25, -0.2) is 4.98 Å². The van der Waals surface area contributed by atoms with Crippen LogP contribution in [0.3, 0.4) is 0 Å². The van der Waals surface area contributed by atoms with Crippen molar-refractivity contribution in [3.05, 3.63) is 42.0 Å². The fourth-order valence-electron chi connectivity index (χ4n) is 1.74. The molecule has 0 aliphatic heterocycles. The fourth-order valence-corrected chi connectivity index (χ4v) is 1.74. The van der Waals surface area contributed by atoms with Crippen LogP contribution in [0.1, 0.15) is 18.2 Å². The van der Waals surface area contributed by atoms with Crippen molar-refractivity contribution < 1.29 is 4.42 Å². The van der Waals surface area contributed by atoms with E-state index in [2.05, 4.69) is 11.1 Å². The highest BCUT2D eigenvalue weighted by Gasteiger charge is 2.14. The van der Waals surface area contributed by atoms with E-state index in [1.54, 1.807) is 18.5 Å². The number of hydrogen-bond acceptors (Lipinski definition) is 5. The summed E-state index contributed by atoms with van der Waals surface area (Å²) in [5, 5.41) is 8.96. The first-order valence-corrected chi connectivity index (χ1v) is 5.68. The molecule has 0 aliphatic carbocycles. The monoisotopic (exact) mass is 242 g/mol. The van der Waals surface area contributed by atoms with Crippen LogP contribution in [0.4, 0.5) is 11.5 Å². The minimum Gasteiger partial charge on any atom is -0.467 e. The largest absolute Gasteiger partial charge is 0.467 e. The van der Waals surface area contributed by atoms with Gasteiger partial charge in [-0.15, -0.1) is 0 Å². The fraction of sp³-hybridized carbons (Fsp3) is 0.231. The van der Waals surface area contributed by atoms with Crippen molar-refractivity contribution in [3.8, 4) is 6.07 Å². The van der Waals surface area contributed by atoms with Gasteiger partial charge in [-0.2, -0.15) is 5.26 Å². The van der Waals surface area contributed by atoms with E-state index >= 15 is 0 Å². The van der Waals surface area contributed by atoms with Gasteiger partial charge in [-0.1, -0.05) is 0 Å². The molecule has 0 amide bonds. The van der Waals surface area contributed by atoms with Crippen molar-refractivity contribution in [3.63, 3.8) is 0 Å². The lowest BCUT2D eigenvalue weighted by molar-refractivity contribution is 0.503. The second kappa shape index (κ2) is 5.23. The molecular weight excluding hydrogens is 228 g/mol. The van der Waals surface area contributed by atoms with Gasteiger partial charge in [0.1, 0.15) is 11.8 Å². The van der Waals surface area contributed by atoms with E-state index in [0.29, 0.717) is 23.6 Å². The number of nitrogen functional groups attached to an aromatic ring is 1. The Morgan fingerprint density at radius 3 is 2.94 bits per heavy atom. The average Bonchev–Trinajstić information content (AvgIpc) is 2.89. The highest BCUT2D eigenvalue weighted by Crippen LogP contribution is 2.24. The van der Waals surface area contributed by atoms with Crippen molar-refractivity contribution in [2.75, 3.05) is 17.2 Å². The Balaban J connectivity index is 2.31. The molecule has 0 saturated carbocycles. The van der Waals surface area contributed by atoms with Gasteiger partial charge in [-0.3, -0.25) is 0 Å². The molecule has 0 fully saturated rings. The summed E-state index contributed by atoms with van der Waals surface area (Å²) in [5.74, 6) is 1.45. The molecule has 0 saturated heterocycles. The number of aromatic nitrogens is 1. The van der Waals surface area contributed by atoms with Gasteiger partial charge in [0.25, 0.3) is 0 Å². The third-order valence-electron chi connectivity index (χ3n) is 2.70. The Morgan fingerprint density at radius 1 is 1.50 bits per heavy atom. The third kappa shape index (κ3) is 2.28. The van der Waals surface area contributed by atoms with Gasteiger partial charge in [0, 0.05) is 12.7 Å². The molecular formula is C13H14N4O. The predicted octanol–water partition coefficient (Wildman–Crippen LogP) is 2.15. The van der Waals surface area contributed by atoms with E-state index in [9.17, 15) is 0 Å². The maximum Gasteiger partial charge on any atom is 0.153 e. The Morgan fingerprint density at radius 2 is 2.33 bits per heavy atom. The summed E-state index contributed by atoms with van der Waals surface area (Å²) in [5.41, 5.74) is 6.80. The summed E-state index contributed by atoms with van der Waals surface area (Å²) in [6.07, 6.45) is 3.22. The van der Waals surface area contributed by atoms with E-state index < -0.39 is 0 Å². The molecule has 0 radical (unpaired) electrons. The first kappa shape index (κ1) is 12.0. The molecule has 2 rings (SSSR count). The van der Waals surface area contributed by atoms with E-state index in [-0.39, 0.29) is 0 Å². The first-order valence-electron chi connectivity index (χ1n) is 5.68. The molecule has 2 heterocycles. The molecule has 0 unspecified atom stereocenters. The topological polar surface area (TPSA) is 79.1 Å². The summed E-state index contributed by atoms with van der Waals surface area (Å²) >= 11 is 0. The summed E-state index contributed by atoms with van der Waals surface area (Å²) in [6.45, 7) is 3.31. The average molecular weight is 242 g/mol. The van der Waals surface area contributed by atoms with Crippen LogP contribution in [0.15, 0.2) is 35.1 Å². The zero-order valence-electron chi connectivity index (χ0n) is 10.1. The highest BCUT2D eigenvalue weighted by molar-refractivity contribution is 5.69. The highest BCUT2D eigenvalue weighted by atomic mass is 16.3. The number of anilines is 2. The van der Waals surface area contributed by atoms with Crippen LogP contribution in [-0.2, 0) is 6.54 Å². The molecule has 0 aromatic carbocycles. The van der Waals surface area contributed by atoms with Crippen LogP contribution in [0.5, 0.6) is 0 Å². The number of nitrogens with two attached hydrogens (primary N) is 1. The van der Waals surface area contributed by atoms with E-state index in [4.69, 9.17) is 15.4 Å². The molecule has 0 spiro atoms. The molecule has 0 bridgehead atoms. The van der Waals surface area contributed by atoms with Crippen molar-refractivity contribution in [2.24, 2.45) is 0 Å². The van der Waals surface area contributed by atoms with Crippen LogP contribution >= 0.6 is 0 Å². The van der Waals surface area contributed by atoms with E-state index in [0.717, 1.165) is 12.3 Å². The lowest BCUT2D eigenvalue weighted by atomic mass is 10.2. The molecule has 18 heavy (non-hydrogen) atoms. The van der Waals surface area contributed by atoms with Crippen LogP contribution in [-0.4, -0.2) is 11.5 Å². The zero-order valence-corrected chi connectivity index (χ0v) is 10.1. The summed E-state index contributed by atoms with van der Waals surface area (Å²) in [4.78, 5) is 6.21. The number of hydrogen-bond donors (Lipinski definition) is 1. The minimum absolute atomic E-state index is 0.411. The van der Waals surface area contributed by atoms with Crippen LogP contribution in [0, 0.1) is 11.3 Å². The number of nitrogens with zero attached hydrogens (tertiary/aromatic N) is 3. The van der Waals surface area contributed by atoms with Crippen LogP contribution in [0.2, 0.25) is 0 Å².